The molecule has 0 saturated carbocycles. The first-order valence-corrected chi connectivity index (χ1v) is 8.25. The minimum Gasteiger partial charge on any atom is -0.451 e. The second kappa shape index (κ2) is 6.72. The van der Waals surface area contributed by atoms with Crippen LogP contribution in [0.3, 0.4) is 0 Å². The number of para-hydroxylation sites is 1. The quantitative estimate of drug-likeness (QED) is 0.558. The van der Waals surface area contributed by atoms with Gasteiger partial charge in [-0.2, -0.15) is 0 Å². The molecule has 0 unspecified atom stereocenters. The Morgan fingerprint density at radius 2 is 1.54 bits per heavy atom. The smallest absolute Gasteiger partial charge is 0.305 e. The molecule has 2 amide bonds. The second-order valence-electron chi connectivity index (χ2n) is 5.97. The molecule has 5 nitrogen and oxygen atoms in total. The number of hydrogen-bond acceptors (Lipinski definition) is 3. The van der Waals surface area contributed by atoms with Crippen LogP contribution < -0.4 is 10.9 Å². The zero-order chi connectivity index (χ0) is 17.9. The first-order chi connectivity index (χ1) is 12.7. The summed E-state index contributed by atoms with van der Waals surface area (Å²) < 4.78 is 5.47. The van der Waals surface area contributed by atoms with Crippen molar-refractivity contribution in [3.05, 3.63) is 84.1 Å². The highest BCUT2D eigenvalue weighted by molar-refractivity contribution is 5.97. The van der Waals surface area contributed by atoms with Crippen LogP contribution in [0.15, 0.2) is 77.2 Å². The third-order valence-corrected chi connectivity index (χ3v) is 4.20. The van der Waals surface area contributed by atoms with E-state index in [2.05, 4.69) is 10.9 Å². The summed E-state index contributed by atoms with van der Waals surface area (Å²) in [6, 6.07) is 22.7. The predicted molar refractivity (Wildman–Crippen MR) is 99.5 cm³/mol. The summed E-state index contributed by atoms with van der Waals surface area (Å²) in [5, 5.41) is 2.93. The number of furan rings is 1. The van der Waals surface area contributed by atoms with Gasteiger partial charge >= 0.3 is 5.91 Å². The van der Waals surface area contributed by atoms with Crippen LogP contribution >= 0.6 is 0 Å². The number of amides is 2. The third-order valence-electron chi connectivity index (χ3n) is 4.20. The zero-order valence-corrected chi connectivity index (χ0v) is 13.9. The maximum atomic E-state index is 12.2. The van der Waals surface area contributed by atoms with Crippen molar-refractivity contribution in [2.24, 2.45) is 0 Å². The number of fused-ring (bicyclic) bond motifs is 2. The summed E-state index contributed by atoms with van der Waals surface area (Å²) in [7, 11) is 0. The molecule has 3 aromatic carbocycles. The molecule has 2 N–H and O–H groups in total. The molecule has 0 radical (unpaired) electrons. The van der Waals surface area contributed by atoms with Crippen molar-refractivity contribution >= 4 is 33.6 Å². The summed E-state index contributed by atoms with van der Waals surface area (Å²) in [5.74, 6) is -0.644. The van der Waals surface area contributed by atoms with Gasteiger partial charge in [0.2, 0.25) is 5.91 Å². The monoisotopic (exact) mass is 344 g/mol. The largest absolute Gasteiger partial charge is 0.451 e. The normalized spacial score (nSPS) is 10.8. The van der Waals surface area contributed by atoms with Gasteiger partial charge in [-0.15, -0.1) is 0 Å². The Balaban J connectivity index is 1.42. The minimum atomic E-state index is -0.493. The van der Waals surface area contributed by atoms with Crippen LogP contribution in [-0.2, 0) is 11.2 Å². The van der Waals surface area contributed by atoms with E-state index in [1.807, 2.05) is 60.7 Å². The van der Waals surface area contributed by atoms with Crippen molar-refractivity contribution in [1.82, 2.24) is 10.9 Å². The van der Waals surface area contributed by atoms with Gasteiger partial charge in [-0.05, 0) is 28.5 Å². The molecule has 1 heterocycles. The molecule has 0 fully saturated rings. The van der Waals surface area contributed by atoms with Crippen molar-refractivity contribution in [3.63, 3.8) is 0 Å². The summed E-state index contributed by atoms with van der Waals surface area (Å²) in [6.07, 6.45) is 0.168. The number of rotatable bonds is 3. The zero-order valence-electron chi connectivity index (χ0n) is 13.9. The highest BCUT2D eigenvalue weighted by Crippen LogP contribution is 2.19. The van der Waals surface area contributed by atoms with Gasteiger partial charge in [0.05, 0.1) is 6.42 Å². The Bertz CT molecular complexity index is 1080. The molecular weight excluding hydrogens is 328 g/mol. The number of benzene rings is 3. The van der Waals surface area contributed by atoms with Gasteiger partial charge in [0, 0.05) is 5.39 Å². The van der Waals surface area contributed by atoms with Gasteiger partial charge in [-0.25, -0.2) is 0 Å². The van der Waals surface area contributed by atoms with E-state index in [1.54, 1.807) is 12.1 Å². The summed E-state index contributed by atoms with van der Waals surface area (Å²) >= 11 is 0. The number of nitrogens with one attached hydrogen (secondary N) is 2. The third kappa shape index (κ3) is 3.15. The summed E-state index contributed by atoms with van der Waals surface area (Å²) in [6.45, 7) is 0. The van der Waals surface area contributed by atoms with Crippen molar-refractivity contribution in [3.8, 4) is 0 Å². The average molecular weight is 344 g/mol. The van der Waals surface area contributed by atoms with Crippen LogP contribution in [-0.4, -0.2) is 11.8 Å². The molecule has 26 heavy (non-hydrogen) atoms. The number of hydrazine groups is 1. The van der Waals surface area contributed by atoms with Crippen LogP contribution in [0.2, 0.25) is 0 Å². The molecule has 0 atom stereocenters. The van der Waals surface area contributed by atoms with Gasteiger partial charge in [0.1, 0.15) is 5.58 Å². The Kier molecular flexibility index (Phi) is 4.11. The van der Waals surface area contributed by atoms with Gasteiger partial charge in [-0.3, -0.25) is 20.4 Å². The van der Waals surface area contributed by atoms with Crippen LogP contribution in [0.5, 0.6) is 0 Å². The topological polar surface area (TPSA) is 71.3 Å². The lowest BCUT2D eigenvalue weighted by Gasteiger charge is -2.08. The summed E-state index contributed by atoms with van der Waals surface area (Å²) in [4.78, 5) is 24.4. The first kappa shape index (κ1) is 15.9. The molecular formula is C21H16N2O3. The van der Waals surface area contributed by atoms with E-state index in [1.165, 1.54) is 0 Å². The molecule has 128 valence electrons. The maximum absolute atomic E-state index is 12.2. The Morgan fingerprint density at radius 1 is 0.808 bits per heavy atom. The van der Waals surface area contributed by atoms with Crippen molar-refractivity contribution in [2.75, 3.05) is 0 Å². The van der Waals surface area contributed by atoms with Crippen LogP contribution in [0, 0.1) is 0 Å². The van der Waals surface area contributed by atoms with Gasteiger partial charge in [0.15, 0.2) is 5.76 Å². The van der Waals surface area contributed by atoms with Gasteiger partial charge in [0.25, 0.3) is 0 Å². The maximum Gasteiger partial charge on any atom is 0.305 e. The number of carbonyl (C=O) groups excluding carboxylic acids is 2. The van der Waals surface area contributed by atoms with E-state index in [-0.39, 0.29) is 18.1 Å². The second-order valence-corrected chi connectivity index (χ2v) is 5.97. The molecule has 5 heteroatoms. The van der Waals surface area contributed by atoms with Crippen LogP contribution in [0.4, 0.5) is 0 Å². The molecule has 0 aliphatic heterocycles. The molecule has 0 saturated heterocycles. The summed E-state index contributed by atoms with van der Waals surface area (Å²) in [5.41, 5.74) is 6.36. The molecule has 4 rings (SSSR count). The molecule has 1 aromatic heterocycles. The predicted octanol–water partition coefficient (Wildman–Crippen LogP) is 3.59. The highest BCUT2D eigenvalue weighted by atomic mass is 16.3. The van der Waals surface area contributed by atoms with E-state index in [0.717, 1.165) is 21.7 Å². The number of hydrogen-bond donors (Lipinski definition) is 2. The van der Waals surface area contributed by atoms with Crippen molar-refractivity contribution in [2.45, 2.75) is 6.42 Å². The Labute approximate surface area is 149 Å². The Hall–Kier alpha value is -3.60. The van der Waals surface area contributed by atoms with Gasteiger partial charge in [-0.1, -0.05) is 60.7 Å². The average Bonchev–Trinajstić information content (AvgIpc) is 3.11. The van der Waals surface area contributed by atoms with E-state index in [0.29, 0.717) is 5.58 Å². The van der Waals surface area contributed by atoms with E-state index < -0.39 is 5.91 Å². The Morgan fingerprint density at radius 3 is 2.38 bits per heavy atom. The molecule has 0 spiro atoms. The lowest BCUT2D eigenvalue weighted by Crippen LogP contribution is -2.42. The standard InChI is InChI=1S/C21H16N2O3/c24-20(13-15-9-5-8-14-6-1-3-10-17(14)15)22-23-21(25)19-12-16-7-2-4-11-18(16)26-19/h1-12H,13H2,(H,22,24)(H,23,25). The minimum absolute atomic E-state index is 0.150. The van der Waals surface area contributed by atoms with E-state index in [9.17, 15) is 9.59 Å². The van der Waals surface area contributed by atoms with Crippen LogP contribution in [0.1, 0.15) is 16.1 Å². The highest BCUT2D eigenvalue weighted by Gasteiger charge is 2.13. The lowest BCUT2D eigenvalue weighted by molar-refractivity contribution is -0.121. The lowest BCUT2D eigenvalue weighted by atomic mass is 10.0. The fourth-order valence-corrected chi connectivity index (χ4v) is 2.95. The fraction of sp³-hybridized carbons (Fsp3) is 0.0476. The molecule has 0 bridgehead atoms. The van der Waals surface area contributed by atoms with Crippen molar-refractivity contribution < 1.29 is 14.0 Å². The van der Waals surface area contributed by atoms with E-state index in [4.69, 9.17) is 4.42 Å². The molecule has 0 aliphatic rings. The van der Waals surface area contributed by atoms with E-state index >= 15 is 0 Å². The van der Waals surface area contributed by atoms with Crippen molar-refractivity contribution in [1.29, 1.82) is 0 Å². The van der Waals surface area contributed by atoms with Gasteiger partial charge < -0.3 is 4.42 Å². The SMILES string of the molecule is O=C(Cc1cccc2ccccc12)NNC(=O)c1cc2ccccc2o1. The van der Waals surface area contributed by atoms with Crippen LogP contribution in [0.25, 0.3) is 21.7 Å². The molecule has 4 aromatic rings. The number of carbonyl (C=O) groups is 2. The molecule has 0 aliphatic carbocycles. The fourth-order valence-electron chi connectivity index (χ4n) is 2.95. The first-order valence-electron chi connectivity index (χ1n) is 8.25.